The zero-order chi connectivity index (χ0) is 12.8. The molecule has 2 rings (SSSR count). The van der Waals surface area contributed by atoms with E-state index in [1.54, 1.807) is 0 Å². The van der Waals surface area contributed by atoms with Crippen LogP contribution < -0.4 is 5.32 Å². The topological polar surface area (TPSA) is 35.6 Å². The first-order valence-corrected chi connectivity index (χ1v) is 7.54. The zero-order valence-corrected chi connectivity index (χ0v) is 11.7. The van der Waals surface area contributed by atoms with Gasteiger partial charge in [0.1, 0.15) is 0 Å². The lowest BCUT2D eigenvalue weighted by Crippen LogP contribution is -2.43. The van der Waals surface area contributed by atoms with Gasteiger partial charge in [-0.3, -0.25) is 9.69 Å². The molecule has 0 bridgehead atoms. The van der Waals surface area contributed by atoms with Crippen molar-refractivity contribution in [3.8, 4) is 0 Å². The molecule has 0 aromatic heterocycles. The molecule has 2 fully saturated rings. The van der Waals surface area contributed by atoms with E-state index in [0.29, 0.717) is 18.5 Å². The third-order valence-electron chi connectivity index (χ3n) is 3.89. The molecule has 1 N–H and O–H groups in total. The van der Waals surface area contributed by atoms with E-state index in [0.717, 1.165) is 39.1 Å². The fourth-order valence-corrected chi connectivity index (χ4v) is 2.56. The maximum absolute atomic E-state index is 12.3. The minimum absolute atomic E-state index is 0.335. The van der Waals surface area contributed by atoms with Gasteiger partial charge in [0.15, 0.2) is 0 Å². The Hall–Kier alpha value is -0.610. The third kappa shape index (κ3) is 4.25. The van der Waals surface area contributed by atoms with E-state index < -0.39 is 0 Å². The number of hydrogen-bond donors (Lipinski definition) is 1. The van der Waals surface area contributed by atoms with Crippen LogP contribution >= 0.6 is 0 Å². The monoisotopic (exact) mass is 253 g/mol. The number of unbranched alkanes of at least 4 members (excludes halogenated alkanes) is 1. The average Bonchev–Trinajstić information content (AvgIpc) is 3.18. The highest BCUT2D eigenvalue weighted by molar-refractivity contribution is 5.78. The van der Waals surface area contributed by atoms with Crippen LogP contribution in [-0.2, 0) is 4.79 Å². The van der Waals surface area contributed by atoms with Crippen molar-refractivity contribution in [1.29, 1.82) is 0 Å². The predicted octanol–water partition coefficient (Wildman–Crippen LogP) is 1.07. The van der Waals surface area contributed by atoms with Crippen molar-refractivity contribution in [2.75, 3.05) is 39.3 Å². The van der Waals surface area contributed by atoms with Crippen molar-refractivity contribution in [3.63, 3.8) is 0 Å². The Balaban J connectivity index is 1.79. The standard InChI is InChI=1S/C14H27N3O/c1-2-3-9-17(13-5-6-13)12-14(18)16-10-4-7-15-8-11-16/h13,15H,2-12H2,1H3. The predicted molar refractivity (Wildman–Crippen MR) is 73.6 cm³/mol. The van der Waals surface area contributed by atoms with Crippen LogP contribution in [0.25, 0.3) is 0 Å². The molecule has 4 nitrogen and oxygen atoms in total. The molecule has 1 saturated heterocycles. The van der Waals surface area contributed by atoms with Crippen molar-refractivity contribution in [2.45, 2.75) is 45.1 Å². The van der Waals surface area contributed by atoms with Gasteiger partial charge in [0.05, 0.1) is 6.54 Å². The minimum Gasteiger partial charge on any atom is -0.340 e. The van der Waals surface area contributed by atoms with Gasteiger partial charge < -0.3 is 10.2 Å². The number of carbonyl (C=O) groups excluding carboxylic acids is 1. The van der Waals surface area contributed by atoms with Gasteiger partial charge in [-0.25, -0.2) is 0 Å². The molecule has 0 aromatic carbocycles. The van der Waals surface area contributed by atoms with Gasteiger partial charge in [0.2, 0.25) is 5.91 Å². The Kier molecular flexibility index (Phi) is 5.45. The van der Waals surface area contributed by atoms with E-state index in [1.165, 1.54) is 25.7 Å². The molecule has 0 atom stereocenters. The maximum Gasteiger partial charge on any atom is 0.236 e. The molecule has 2 aliphatic rings. The van der Waals surface area contributed by atoms with E-state index in [2.05, 4.69) is 17.1 Å². The second-order valence-electron chi connectivity index (χ2n) is 5.54. The summed E-state index contributed by atoms with van der Waals surface area (Å²) in [5.41, 5.74) is 0. The largest absolute Gasteiger partial charge is 0.340 e. The van der Waals surface area contributed by atoms with Crippen LogP contribution in [0.4, 0.5) is 0 Å². The molecule has 1 saturated carbocycles. The Labute approximate surface area is 111 Å². The molecule has 1 aliphatic heterocycles. The molecule has 18 heavy (non-hydrogen) atoms. The molecule has 104 valence electrons. The number of amides is 1. The fourth-order valence-electron chi connectivity index (χ4n) is 2.56. The van der Waals surface area contributed by atoms with E-state index >= 15 is 0 Å². The van der Waals surface area contributed by atoms with Crippen LogP contribution in [0.15, 0.2) is 0 Å². The summed E-state index contributed by atoms with van der Waals surface area (Å²) < 4.78 is 0. The molecule has 0 aromatic rings. The molecule has 1 amide bonds. The van der Waals surface area contributed by atoms with Gasteiger partial charge in [-0.15, -0.1) is 0 Å². The molecule has 0 spiro atoms. The number of hydrogen-bond acceptors (Lipinski definition) is 3. The lowest BCUT2D eigenvalue weighted by atomic mass is 10.3. The molecule has 4 heteroatoms. The van der Waals surface area contributed by atoms with Crippen molar-refractivity contribution < 1.29 is 4.79 Å². The quantitative estimate of drug-likeness (QED) is 0.769. The highest BCUT2D eigenvalue weighted by Gasteiger charge is 2.30. The zero-order valence-electron chi connectivity index (χ0n) is 11.7. The first-order valence-electron chi connectivity index (χ1n) is 7.54. The number of nitrogens with one attached hydrogen (secondary N) is 1. The van der Waals surface area contributed by atoms with Gasteiger partial charge in [0.25, 0.3) is 0 Å². The van der Waals surface area contributed by atoms with Crippen LogP contribution in [0.5, 0.6) is 0 Å². The van der Waals surface area contributed by atoms with Gasteiger partial charge >= 0.3 is 0 Å². The van der Waals surface area contributed by atoms with E-state index in [-0.39, 0.29) is 0 Å². The molecule has 0 unspecified atom stereocenters. The first kappa shape index (κ1) is 13.8. The highest BCUT2D eigenvalue weighted by atomic mass is 16.2. The Morgan fingerprint density at radius 1 is 1.33 bits per heavy atom. The summed E-state index contributed by atoms with van der Waals surface area (Å²) in [5, 5.41) is 3.35. The van der Waals surface area contributed by atoms with Crippen molar-refractivity contribution >= 4 is 5.91 Å². The van der Waals surface area contributed by atoms with Crippen molar-refractivity contribution in [2.24, 2.45) is 0 Å². The molecule has 1 heterocycles. The molecular weight excluding hydrogens is 226 g/mol. The second-order valence-corrected chi connectivity index (χ2v) is 5.54. The maximum atomic E-state index is 12.3. The summed E-state index contributed by atoms with van der Waals surface area (Å²) in [6.45, 7) is 7.76. The van der Waals surface area contributed by atoms with Gasteiger partial charge in [-0.2, -0.15) is 0 Å². The normalized spacial score (nSPS) is 21.1. The number of carbonyl (C=O) groups is 1. The van der Waals surface area contributed by atoms with Crippen LogP contribution in [0.3, 0.4) is 0 Å². The summed E-state index contributed by atoms with van der Waals surface area (Å²) in [6.07, 6.45) is 6.09. The fraction of sp³-hybridized carbons (Fsp3) is 0.929. The number of nitrogens with zero attached hydrogens (tertiary/aromatic N) is 2. The van der Waals surface area contributed by atoms with Gasteiger partial charge in [-0.1, -0.05) is 13.3 Å². The van der Waals surface area contributed by atoms with Gasteiger partial charge in [-0.05, 0) is 38.8 Å². The summed E-state index contributed by atoms with van der Waals surface area (Å²) in [7, 11) is 0. The van der Waals surface area contributed by atoms with Crippen LogP contribution in [0.2, 0.25) is 0 Å². The van der Waals surface area contributed by atoms with Crippen LogP contribution in [0, 0.1) is 0 Å². The van der Waals surface area contributed by atoms with Crippen molar-refractivity contribution in [1.82, 2.24) is 15.1 Å². The Morgan fingerprint density at radius 2 is 2.17 bits per heavy atom. The van der Waals surface area contributed by atoms with Crippen molar-refractivity contribution in [3.05, 3.63) is 0 Å². The summed E-state index contributed by atoms with van der Waals surface area (Å²) in [4.78, 5) is 16.8. The molecule has 0 radical (unpaired) electrons. The van der Waals surface area contributed by atoms with Gasteiger partial charge in [0, 0.05) is 25.7 Å². The Morgan fingerprint density at radius 3 is 2.89 bits per heavy atom. The minimum atomic E-state index is 0.335. The molecular formula is C14H27N3O. The smallest absolute Gasteiger partial charge is 0.236 e. The lowest BCUT2D eigenvalue weighted by Gasteiger charge is -2.26. The SMILES string of the molecule is CCCCN(CC(=O)N1CCCNCC1)C1CC1. The third-order valence-corrected chi connectivity index (χ3v) is 3.89. The van der Waals surface area contributed by atoms with Crippen LogP contribution in [-0.4, -0.2) is 61.0 Å². The lowest BCUT2D eigenvalue weighted by molar-refractivity contribution is -0.132. The van der Waals surface area contributed by atoms with E-state index in [1.807, 2.05) is 4.90 Å². The Bertz CT molecular complexity index is 258. The summed E-state index contributed by atoms with van der Waals surface area (Å²) >= 11 is 0. The highest BCUT2D eigenvalue weighted by Crippen LogP contribution is 2.27. The van der Waals surface area contributed by atoms with Crippen LogP contribution in [0.1, 0.15) is 39.0 Å². The number of rotatable bonds is 6. The first-order chi connectivity index (χ1) is 8.81. The van der Waals surface area contributed by atoms with E-state index in [4.69, 9.17) is 0 Å². The van der Waals surface area contributed by atoms with E-state index in [9.17, 15) is 4.79 Å². The summed E-state index contributed by atoms with van der Waals surface area (Å²) in [6, 6.07) is 0.700. The summed E-state index contributed by atoms with van der Waals surface area (Å²) in [5.74, 6) is 0.335. The second kappa shape index (κ2) is 7.10. The average molecular weight is 253 g/mol. The molecule has 1 aliphatic carbocycles.